The fourth-order valence-electron chi connectivity index (χ4n) is 1.36. The van der Waals surface area contributed by atoms with E-state index in [4.69, 9.17) is 4.84 Å². The maximum absolute atomic E-state index is 5.04. The molecule has 0 aromatic carbocycles. The zero-order valence-corrected chi connectivity index (χ0v) is 7.95. The van der Waals surface area contributed by atoms with Gasteiger partial charge in [0.25, 0.3) is 0 Å². The van der Waals surface area contributed by atoms with Crippen LogP contribution < -0.4 is 5.48 Å². The van der Waals surface area contributed by atoms with Crippen molar-refractivity contribution in [3.8, 4) is 0 Å². The Labute approximate surface area is 73.0 Å². The summed E-state index contributed by atoms with van der Waals surface area (Å²) in [6.07, 6.45) is 3.96. The van der Waals surface area contributed by atoms with Crippen LogP contribution in [0.3, 0.4) is 0 Å². The molecule has 0 saturated carbocycles. The average Bonchev–Trinajstić information content (AvgIpc) is 2.50. The molecule has 0 aliphatic carbocycles. The van der Waals surface area contributed by atoms with Gasteiger partial charge in [0, 0.05) is 7.05 Å². The molecule has 1 saturated heterocycles. The lowest BCUT2D eigenvalue weighted by atomic mass is 10.0. The average molecular weight is 175 g/mol. The first-order valence-electron chi connectivity index (χ1n) is 4.29. The Kier molecular flexibility index (Phi) is 4.99. The Bertz CT molecular complexity index is 94.1. The fourth-order valence-corrected chi connectivity index (χ4v) is 2.69. The van der Waals surface area contributed by atoms with Crippen LogP contribution in [0.25, 0.3) is 0 Å². The monoisotopic (exact) mass is 175 g/mol. The van der Waals surface area contributed by atoms with Crippen LogP contribution in [-0.4, -0.2) is 25.2 Å². The molecule has 0 amide bonds. The lowest BCUT2D eigenvalue weighted by molar-refractivity contribution is 0.0536. The van der Waals surface area contributed by atoms with Gasteiger partial charge in [0.1, 0.15) is 0 Å². The molecule has 0 aromatic rings. The van der Waals surface area contributed by atoms with Gasteiger partial charge in [0.15, 0.2) is 0 Å². The lowest BCUT2D eigenvalue weighted by Gasteiger charge is -2.06. The molecule has 66 valence electrons. The summed E-state index contributed by atoms with van der Waals surface area (Å²) in [4.78, 5) is 5.04. The SMILES string of the molecule is CNOCCCC1CCSC1. The van der Waals surface area contributed by atoms with Gasteiger partial charge in [-0.3, -0.25) is 0 Å². The predicted octanol–water partition coefficient (Wildman–Crippen LogP) is 1.67. The van der Waals surface area contributed by atoms with Crippen LogP contribution in [0.15, 0.2) is 0 Å². The van der Waals surface area contributed by atoms with Crippen molar-refractivity contribution < 1.29 is 4.84 Å². The van der Waals surface area contributed by atoms with E-state index < -0.39 is 0 Å². The molecule has 1 atom stereocenters. The van der Waals surface area contributed by atoms with Crippen LogP contribution in [0.1, 0.15) is 19.3 Å². The van der Waals surface area contributed by atoms with E-state index in [0.29, 0.717) is 0 Å². The molecular formula is C8H17NOS. The summed E-state index contributed by atoms with van der Waals surface area (Å²) in [5.41, 5.74) is 2.69. The van der Waals surface area contributed by atoms with E-state index in [1.165, 1.54) is 30.8 Å². The fraction of sp³-hybridized carbons (Fsp3) is 1.00. The van der Waals surface area contributed by atoms with E-state index in [1.807, 2.05) is 7.05 Å². The summed E-state index contributed by atoms with van der Waals surface area (Å²) < 4.78 is 0. The third-order valence-electron chi connectivity index (χ3n) is 2.03. The van der Waals surface area contributed by atoms with Gasteiger partial charge in [-0.2, -0.15) is 11.8 Å². The maximum atomic E-state index is 5.04. The van der Waals surface area contributed by atoms with Gasteiger partial charge in [-0.15, -0.1) is 0 Å². The smallest absolute Gasteiger partial charge is 0.0682 e. The highest BCUT2D eigenvalue weighted by atomic mass is 32.2. The van der Waals surface area contributed by atoms with Gasteiger partial charge in [0.05, 0.1) is 6.61 Å². The Hall–Kier alpha value is 0.270. The molecule has 3 heteroatoms. The second-order valence-corrected chi connectivity index (χ2v) is 4.07. The number of thioether (sulfide) groups is 1. The van der Waals surface area contributed by atoms with E-state index >= 15 is 0 Å². The minimum atomic E-state index is 0.859. The molecule has 1 aliphatic heterocycles. The standard InChI is InChI=1S/C8H17NOS/c1-9-10-5-2-3-8-4-6-11-7-8/h8-9H,2-7H2,1H3. The van der Waals surface area contributed by atoms with E-state index in [2.05, 4.69) is 17.2 Å². The molecule has 1 heterocycles. The summed E-state index contributed by atoms with van der Waals surface area (Å²) in [5.74, 6) is 3.72. The lowest BCUT2D eigenvalue weighted by Crippen LogP contribution is -2.09. The molecule has 1 unspecified atom stereocenters. The second-order valence-electron chi connectivity index (χ2n) is 2.92. The van der Waals surface area contributed by atoms with Crippen molar-refractivity contribution in [3.05, 3.63) is 0 Å². The van der Waals surface area contributed by atoms with E-state index in [0.717, 1.165) is 12.5 Å². The van der Waals surface area contributed by atoms with Crippen molar-refractivity contribution in [2.45, 2.75) is 19.3 Å². The number of hydrogen-bond acceptors (Lipinski definition) is 3. The van der Waals surface area contributed by atoms with E-state index in [-0.39, 0.29) is 0 Å². The molecule has 1 N–H and O–H groups in total. The predicted molar refractivity (Wildman–Crippen MR) is 49.7 cm³/mol. The van der Waals surface area contributed by atoms with Crippen molar-refractivity contribution >= 4 is 11.8 Å². The van der Waals surface area contributed by atoms with Crippen LogP contribution >= 0.6 is 11.8 Å². The topological polar surface area (TPSA) is 21.3 Å². The number of hydroxylamine groups is 1. The van der Waals surface area contributed by atoms with Crippen LogP contribution in [0.4, 0.5) is 0 Å². The Balaban J connectivity index is 1.86. The van der Waals surface area contributed by atoms with Crippen molar-refractivity contribution in [1.82, 2.24) is 5.48 Å². The molecule has 1 aliphatic rings. The van der Waals surface area contributed by atoms with Crippen molar-refractivity contribution in [2.75, 3.05) is 25.2 Å². The van der Waals surface area contributed by atoms with Gasteiger partial charge in [-0.25, -0.2) is 5.48 Å². The molecular weight excluding hydrogens is 158 g/mol. The largest absolute Gasteiger partial charge is 0.302 e. The highest BCUT2D eigenvalue weighted by molar-refractivity contribution is 7.99. The van der Waals surface area contributed by atoms with Crippen molar-refractivity contribution in [1.29, 1.82) is 0 Å². The molecule has 1 rings (SSSR count). The first kappa shape index (κ1) is 9.36. The van der Waals surface area contributed by atoms with Crippen LogP contribution in [0, 0.1) is 5.92 Å². The van der Waals surface area contributed by atoms with Crippen LogP contribution in [0.2, 0.25) is 0 Å². The van der Waals surface area contributed by atoms with Crippen molar-refractivity contribution in [2.24, 2.45) is 5.92 Å². The zero-order valence-electron chi connectivity index (χ0n) is 7.14. The Morgan fingerprint density at radius 2 is 2.55 bits per heavy atom. The van der Waals surface area contributed by atoms with E-state index in [1.54, 1.807) is 0 Å². The first-order valence-corrected chi connectivity index (χ1v) is 5.45. The quantitative estimate of drug-likeness (QED) is 0.507. The first-order chi connectivity index (χ1) is 5.43. The number of rotatable bonds is 5. The molecule has 0 spiro atoms. The highest BCUT2D eigenvalue weighted by Crippen LogP contribution is 2.26. The maximum Gasteiger partial charge on any atom is 0.0682 e. The summed E-state index contributed by atoms with van der Waals surface area (Å²) in [6.45, 7) is 0.859. The van der Waals surface area contributed by atoms with Crippen molar-refractivity contribution in [3.63, 3.8) is 0 Å². The number of nitrogens with one attached hydrogen (secondary N) is 1. The van der Waals surface area contributed by atoms with Crippen LogP contribution in [-0.2, 0) is 4.84 Å². The molecule has 1 fully saturated rings. The van der Waals surface area contributed by atoms with Gasteiger partial charge in [-0.05, 0) is 36.7 Å². The minimum Gasteiger partial charge on any atom is -0.302 e. The Morgan fingerprint density at radius 3 is 3.18 bits per heavy atom. The third-order valence-corrected chi connectivity index (χ3v) is 3.26. The molecule has 2 nitrogen and oxygen atoms in total. The van der Waals surface area contributed by atoms with Gasteiger partial charge in [0.2, 0.25) is 0 Å². The number of hydrogen-bond donors (Lipinski definition) is 1. The van der Waals surface area contributed by atoms with Gasteiger partial charge < -0.3 is 4.84 Å². The molecule has 11 heavy (non-hydrogen) atoms. The zero-order chi connectivity index (χ0) is 7.94. The highest BCUT2D eigenvalue weighted by Gasteiger charge is 2.14. The molecule has 0 aromatic heterocycles. The Morgan fingerprint density at radius 1 is 1.64 bits per heavy atom. The molecule has 0 bridgehead atoms. The third kappa shape index (κ3) is 3.99. The summed E-state index contributed by atoms with van der Waals surface area (Å²) in [6, 6.07) is 0. The van der Waals surface area contributed by atoms with Gasteiger partial charge >= 0.3 is 0 Å². The second kappa shape index (κ2) is 5.86. The van der Waals surface area contributed by atoms with Gasteiger partial charge in [-0.1, -0.05) is 0 Å². The minimum absolute atomic E-state index is 0.859. The summed E-state index contributed by atoms with van der Waals surface area (Å²) in [7, 11) is 1.81. The summed E-state index contributed by atoms with van der Waals surface area (Å²) >= 11 is 2.09. The summed E-state index contributed by atoms with van der Waals surface area (Å²) in [5, 5.41) is 0. The normalized spacial score (nSPS) is 24.3. The van der Waals surface area contributed by atoms with E-state index in [9.17, 15) is 0 Å². The molecule has 0 radical (unpaired) electrons. The van der Waals surface area contributed by atoms with Crippen LogP contribution in [0.5, 0.6) is 0 Å².